The van der Waals surface area contributed by atoms with Crippen molar-refractivity contribution in [1.82, 2.24) is 4.90 Å². The van der Waals surface area contributed by atoms with Crippen LogP contribution in [0, 0.1) is 0 Å². The molecular weight excluding hydrogens is 316 g/mol. The van der Waals surface area contributed by atoms with Crippen molar-refractivity contribution in [2.24, 2.45) is 5.14 Å². The fourth-order valence-electron chi connectivity index (χ4n) is 2.28. The van der Waals surface area contributed by atoms with Gasteiger partial charge in [-0.1, -0.05) is 18.2 Å². The molecule has 0 aliphatic carbocycles. The molecule has 1 heterocycles. The Kier molecular flexibility index (Phi) is 4.81. The molecule has 0 aromatic heterocycles. The quantitative estimate of drug-likeness (QED) is 0.896. The summed E-state index contributed by atoms with van der Waals surface area (Å²) in [5, 5.41) is 5.09. The molecule has 1 aliphatic rings. The molecule has 126 valence electrons. The molecule has 7 heteroatoms. The van der Waals surface area contributed by atoms with Crippen molar-refractivity contribution in [2.75, 3.05) is 13.1 Å². The van der Waals surface area contributed by atoms with E-state index < -0.39 is 15.6 Å². The van der Waals surface area contributed by atoms with Crippen molar-refractivity contribution in [3.05, 3.63) is 35.9 Å². The van der Waals surface area contributed by atoms with Gasteiger partial charge in [0.1, 0.15) is 5.60 Å². The molecule has 2 N–H and O–H groups in total. The maximum absolute atomic E-state index is 12.0. The van der Waals surface area contributed by atoms with Crippen LogP contribution in [0.3, 0.4) is 0 Å². The summed E-state index contributed by atoms with van der Waals surface area (Å²) in [6.07, 6.45) is 2.32. The summed E-state index contributed by atoms with van der Waals surface area (Å²) in [6.45, 7) is 6.55. The summed E-state index contributed by atoms with van der Waals surface area (Å²) in [7, 11) is -3.68. The lowest BCUT2D eigenvalue weighted by Gasteiger charge is -2.29. The number of carbonyl (C=O) groups is 1. The number of primary sulfonamides is 1. The van der Waals surface area contributed by atoms with E-state index in [9.17, 15) is 13.2 Å². The fraction of sp³-hybridized carbons (Fsp3) is 0.438. The Bertz CT molecular complexity index is 715. The number of amides is 1. The van der Waals surface area contributed by atoms with Gasteiger partial charge >= 0.3 is 6.09 Å². The summed E-state index contributed by atoms with van der Waals surface area (Å²) < 4.78 is 27.9. The van der Waals surface area contributed by atoms with Gasteiger partial charge in [-0.15, -0.1) is 0 Å². The molecular formula is C16H22N2O4S. The Morgan fingerprint density at radius 3 is 2.26 bits per heavy atom. The van der Waals surface area contributed by atoms with E-state index >= 15 is 0 Å². The SMILES string of the molecule is CC(C)(C)OC(=O)N1CC=C(c2ccc(S(N)(=O)=O)cc2)CC1. The summed E-state index contributed by atoms with van der Waals surface area (Å²) in [5.41, 5.74) is 1.50. The number of sulfonamides is 1. The average molecular weight is 338 g/mol. The normalized spacial score (nSPS) is 16.0. The van der Waals surface area contributed by atoms with Crippen LogP contribution in [0.5, 0.6) is 0 Å². The molecule has 1 aromatic carbocycles. The van der Waals surface area contributed by atoms with E-state index in [-0.39, 0.29) is 11.0 Å². The van der Waals surface area contributed by atoms with Gasteiger partial charge in [-0.25, -0.2) is 18.4 Å². The maximum atomic E-state index is 12.0. The number of nitrogens with two attached hydrogens (primary N) is 1. The number of benzene rings is 1. The first-order valence-electron chi connectivity index (χ1n) is 7.36. The Hall–Kier alpha value is -1.86. The number of carbonyl (C=O) groups excluding carboxylic acids is 1. The van der Waals surface area contributed by atoms with Crippen LogP contribution in [0.4, 0.5) is 4.79 Å². The van der Waals surface area contributed by atoms with Gasteiger partial charge in [0.2, 0.25) is 10.0 Å². The van der Waals surface area contributed by atoms with Crippen LogP contribution >= 0.6 is 0 Å². The molecule has 0 spiro atoms. The molecule has 0 atom stereocenters. The molecule has 0 unspecified atom stereocenters. The third kappa shape index (κ3) is 4.80. The van der Waals surface area contributed by atoms with Crippen LogP contribution < -0.4 is 5.14 Å². The minimum atomic E-state index is -3.68. The van der Waals surface area contributed by atoms with E-state index in [0.717, 1.165) is 11.1 Å². The van der Waals surface area contributed by atoms with Crippen LogP contribution in [0.15, 0.2) is 35.2 Å². The van der Waals surface area contributed by atoms with Crippen molar-refractivity contribution in [1.29, 1.82) is 0 Å². The van der Waals surface area contributed by atoms with E-state index in [1.807, 2.05) is 26.8 Å². The van der Waals surface area contributed by atoms with E-state index in [2.05, 4.69) is 0 Å². The first kappa shape index (κ1) is 17.5. The standard InChI is InChI=1S/C16H22N2O4S/c1-16(2,3)22-15(19)18-10-8-13(9-11-18)12-4-6-14(7-5-12)23(17,20)21/h4-8H,9-11H2,1-3H3,(H2,17,20,21). The predicted molar refractivity (Wildman–Crippen MR) is 88.2 cm³/mol. The highest BCUT2D eigenvalue weighted by molar-refractivity contribution is 7.89. The highest BCUT2D eigenvalue weighted by Crippen LogP contribution is 2.24. The van der Waals surface area contributed by atoms with Gasteiger partial charge in [-0.3, -0.25) is 0 Å². The Labute approximate surface area is 137 Å². The van der Waals surface area contributed by atoms with Crippen LogP contribution in [-0.2, 0) is 14.8 Å². The second-order valence-corrected chi connectivity index (χ2v) is 8.04. The van der Waals surface area contributed by atoms with Gasteiger partial charge < -0.3 is 9.64 Å². The topological polar surface area (TPSA) is 89.7 Å². The van der Waals surface area contributed by atoms with Crippen molar-refractivity contribution in [3.63, 3.8) is 0 Å². The summed E-state index contributed by atoms with van der Waals surface area (Å²) in [6, 6.07) is 6.45. The van der Waals surface area contributed by atoms with Crippen LogP contribution in [-0.4, -0.2) is 38.1 Å². The van der Waals surface area contributed by atoms with E-state index in [4.69, 9.17) is 9.88 Å². The monoisotopic (exact) mass is 338 g/mol. The molecule has 0 saturated heterocycles. The summed E-state index contributed by atoms with van der Waals surface area (Å²) >= 11 is 0. The summed E-state index contributed by atoms with van der Waals surface area (Å²) in [4.78, 5) is 13.7. The molecule has 0 saturated carbocycles. The third-order valence-electron chi connectivity index (χ3n) is 3.41. The maximum Gasteiger partial charge on any atom is 0.410 e. The minimum absolute atomic E-state index is 0.0908. The molecule has 23 heavy (non-hydrogen) atoms. The zero-order chi connectivity index (χ0) is 17.3. The first-order valence-corrected chi connectivity index (χ1v) is 8.91. The minimum Gasteiger partial charge on any atom is -0.444 e. The molecule has 2 rings (SSSR count). The highest BCUT2D eigenvalue weighted by atomic mass is 32.2. The zero-order valence-corrected chi connectivity index (χ0v) is 14.4. The summed E-state index contributed by atoms with van der Waals surface area (Å²) in [5.74, 6) is 0. The van der Waals surface area contributed by atoms with Crippen LogP contribution in [0.25, 0.3) is 5.57 Å². The van der Waals surface area contributed by atoms with Gasteiger partial charge in [0.05, 0.1) is 4.90 Å². The Morgan fingerprint density at radius 2 is 1.83 bits per heavy atom. The molecule has 0 fully saturated rings. The second kappa shape index (κ2) is 6.33. The van der Waals surface area contributed by atoms with Gasteiger partial charge in [0, 0.05) is 13.1 Å². The van der Waals surface area contributed by atoms with E-state index in [1.54, 1.807) is 17.0 Å². The zero-order valence-electron chi connectivity index (χ0n) is 13.6. The Balaban J connectivity index is 2.06. The molecule has 1 aromatic rings. The first-order chi connectivity index (χ1) is 10.6. The number of hydrogen-bond donors (Lipinski definition) is 1. The lowest BCUT2D eigenvalue weighted by Crippen LogP contribution is -2.39. The fourth-order valence-corrected chi connectivity index (χ4v) is 2.80. The van der Waals surface area contributed by atoms with Crippen molar-refractivity contribution in [3.8, 4) is 0 Å². The molecule has 6 nitrogen and oxygen atoms in total. The van der Waals surface area contributed by atoms with Gasteiger partial charge in [-0.2, -0.15) is 0 Å². The predicted octanol–water partition coefficient (Wildman–Crippen LogP) is 2.36. The average Bonchev–Trinajstić information content (AvgIpc) is 2.45. The number of ether oxygens (including phenoxy) is 1. The lowest BCUT2D eigenvalue weighted by atomic mass is 10.00. The molecule has 1 amide bonds. The third-order valence-corrected chi connectivity index (χ3v) is 4.34. The molecule has 1 aliphatic heterocycles. The van der Waals surface area contributed by atoms with Gasteiger partial charge in [-0.05, 0) is 50.5 Å². The smallest absolute Gasteiger partial charge is 0.410 e. The number of hydrogen-bond acceptors (Lipinski definition) is 4. The largest absolute Gasteiger partial charge is 0.444 e. The number of rotatable bonds is 2. The van der Waals surface area contributed by atoms with Gasteiger partial charge in [0.25, 0.3) is 0 Å². The number of nitrogens with zero attached hydrogens (tertiary/aromatic N) is 1. The van der Waals surface area contributed by atoms with Crippen molar-refractivity contribution >= 4 is 21.7 Å². The Morgan fingerprint density at radius 1 is 1.22 bits per heavy atom. The van der Waals surface area contributed by atoms with E-state index in [1.165, 1.54) is 12.1 Å². The van der Waals surface area contributed by atoms with Crippen molar-refractivity contribution < 1.29 is 17.9 Å². The van der Waals surface area contributed by atoms with E-state index in [0.29, 0.717) is 19.5 Å². The van der Waals surface area contributed by atoms with Gasteiger partial charge in [0.15, 0.2) is 0 Å². The highest BCUT2D eigenvalue weighted by Gasteiger charge is 2.23. The van der Waals surface area contributed by atoms with Crippen molar-refractivity contribution in [2.45, 2.75) is 37.7 Å². The molecule has 0 radical (unpaired) electrons. The molecule has 0 bridgehead atoms. The van der Waals surface area contributed by atoms with Crippen LogP contribution in [0.1, 0.15) is 32.8 Å². The lowest BCUT2D eigenvalue weighted by molar-refractivity contribution is 0.0270. The second-order valence-electron chi connectivity index (χ2n) is 6.48. The van der Waals surface area contributed by atoms with Crippen LogP contribution in [0.2, 0.25) is 0 Å².